The number of anilines is 1. The number of benzene rings is 1. The van der Waals surface area contributed by atoms with Crippen LogP contribution in [0.4, 0.5) is 10.5 Å². The Hall–Kier alpha value is -2.04. The zero-order chi connectivity index (χ0) is 16.7. The fourth-order valence-electron chi connectivity index (χ4n) is 2.94. The van der Waals surface area contributed by atoms with Crippen LogP contribution in [0.2, 0.25) is 0 Å². The van der Waals surface area contributed by atoms with Crippen LogP contribution < -0.4 is 10.6 Å². The number of nitrogens with one attached hydrogen (secondary N) is 2. The van der Waals surface area contributed by atoms with Crippen molar-refractivity contribution in [3.05, 3.63) is 29.8 Å². The molecule has 1 aromatic carbocycles. The van der Waals surface area contributed by atoms with Crippen molar-refractivity contribution in [3.63, 3.8) is 0 Å². The molecule has 3 amide bonds. The molecule has 0 bridgehead atoms. The number of nitrogens with zero attached hydrogens (tertiary/aromatic N) is 1. The molecule has 0 spiro atoms. The van der Waals surface area contributed by atoms with Gasteiger partial charge in [0.2, 0.25) is 0 Å². The molecular weight excluding hydrogens is 290 g/mol. The fraction of sp³-hybridized carbons (Fsp3) is 0.556. The summed E-state index contributed by atoms with van der Waals surface area (Å²) in [4.78, 5) is 25.7. The van der Waals surface area contributed by atoms with Gasteiger partial charge in [-0.05, 0) is 31.0 Å². The van der Waals surface area contributed by atoms with E-state index < -0.39 is 0 Å². The van der Waals surface area contributed by atoms with Crippen LogP contribution in [-0.4, -0.2) is 37.0 Å². The largest absolute Gasteiger partial charge is 0.345 e. The van der Waals surface area contributed by atoms with Gasteiger partial charge in [-0.15, -0.1) is 0 Å². The van der Waals surface area contributed by atoms with Gasteiger partial charge < -0.3 is 15.5 Å². The zero-order valence-electron chi connectivity index (χ0n) is 14.1. The maximum Gasteiger partial charge on any atom is 0.319 e. The van der Waals surface area contributed by atoms with Crippen LogP contribution in [0.15, 0.2) is 24.3 Å². The third-order valence-electron chi connectivity index (χ3n) is 4.21. The molecule has 0 radical (unpaired) electrons. The standard InChI is InChI=1S/C18H27N3O2/c1-21(2)17(22)14-9-8-12-16(13-14)20-18(23)19-15-10-6-4-3-5-7-11-15/h8-9,12-13,15H,3-7,10-11H2,1-2H3,(H2,19,20,23). The van der Waals surface area contributed by atoms with Gasteiger partial charge in [0, 0.05) is 31.4 Å². The smallest absolute Gasteiger partial charge is 0.319 e. The minimum atomic E-state index is -0.190. The summed E-state index contributed by atoms with van der Waals surface area (Å²) in [5.74, 6) is -0.0749. The third-order valence-corrected chi connectivity index (χ3v) is 4.21. The van der Waals surface area contributed by atoms with Crippen molar-refractivity contribution in [1.29, 1.82) is 0 Å². The van der Waals surface area contributed by atoms with E-state index >= 15 is 0 Å². The average molecular weight is 317 g/mol. The van der Waals surface area contributed by atoms with Crippen molar-refractivity contribution < 1.29 is 9.59 Å². The van der Waals surface area contributed by atoms with Gasteiger partial charge in [-0.2, -0.15) is 0 Å². The van der Waals surface area contributed by atoms with Crippen LogP contribution in [0, 0.1) is 0 Å². The highest BCUT2D eigenvalue weighted by atomic mass is 16.2. The molecule has 23 heavy (non-hydrogen) atoms. The summed E-state index contributed by atoms with van der Waals surface area (Å²) in [7, 11) is 3.42. The summed E-state index contributed by atoms with van der Waals surface area (Å²) in [5.41, 5.74) is 1.21. The van der Waals surface area contributed by atoms with Gasteiger partial charge in [-0.3, -0.25) is 4.79 Å². The molecule has 1 saturated carbocycles. The molecule has 0 aliphatic heterocycles. The predicted octanol–water partition coefficient (Wildman–Crippen LogP) is 3.62. The number of hydrogen-bond donors (Lipinski definition) is 2. The van der Waals surface area contributed by atoms with Crippen molar-refractivity contribution in [1.82, 2.24) is 10.2 Å². The minimum Gasteiger partial charge on any atom is -0.345 e. The number of hydrogen-bond acceptors (Lipinski definition) is 2. The van der Waals surface area contributed by atoms with Gasteiger partial charge in [-0.25, -0.2) is 4.79 Å². The topological polar surface area (TPSA) is 61.4 Å². The number of rotatable bonds is 3. The highest BCUT2D eigenvalue weighted by molar-refractivity contribution is 5.96. The Bertz CT molecular complexity index is 535. The molecule has 5 heteroatoms. The Morgan fingerprint density at radius 2 is 1.70 bits per heavy atom. The van der Waals surface area contributed by atoms with Crippen molar-refractivity contribution in [2.45, 2.75) is 51.0 Å². The van der Waals surface area contributed by atoms with Gasteiger partial charge >= 0.3 is 6.03 Å². The molecule has 0 aromatic heterocycles. The van der Waals surface area contributed by atoms with Gasteiger partial charge in [0.1, 0.15) is 0 Å². The van der Waals surface area contributed by atoms with E-state index in [9.17, 15) is 9.59 Å². The lowest BCUT2D eigenvalue weighted by Crippen LogP contribution is -2.38. The Kier molecular flexibility index (Phi) is 6.44. The molecule has 2 N–H and O–H groups in total. The summed E-state index contributed by atoms with van der Waals surface area (Å²) in [6.07, 6.45) is 8.28. The SMILES string of the molecule is CN(C)C(=O)c1cccc(NC(=O)NC2CCCCCCC2)c1. The van der Waals surface area contributed by atoms with Crippen molar-refractivity contribution in [2.75, 3.05) is 19.4 Å². The molecule has 2 rings (SSSR count). The van der Waals surface area contributed by atoms with E-state index in [-0.39, 0.29) is 18.0 Å². The summed E-state index contributed by atoms with van der Waals surface area (Å²) in [6, 6.07) is 7.10. The first-order valence-corrected chi connectivity index (χ1v) is 8.45. The van der Waals surface area contributed by atoms with Crippen LogP contribution in [0.5, 0.6) is 0 Å². The third kappa shape index (κ3) is 5.58. The predicted molar refractivity (Wildman–Crippen MR) is 92.7 cm³/mol. The molecule has 0 heterocycles. The first kappa shape index (κ1) is 17.3. The molecule has 1 aromatic rings. The van der Waals surface area contributed by atoms with E-state index in [1.807, 2.05) is 0 Å². The second-order valence-corrected chi connectivity index (χ2v) is 6.42. The maximum absolute atomic E-state index is 12.2. The highest BCUT2D eigenvalue weighted by Gasteiger charge is 2.14. The summed E-state index contributed by atoms with van der Waals surface area (Å²) >= 11 is 0. The zero-order valence-corrected chi connectivity index (χ0v) is 14.1. The average Bonchev–Trinajstić information content (AvgIpc) is 2.49. The number of amides is 3. The number of carbonyl (C=O) groups is 2. The van der Waals surface area contributed by atoms with E-state index in [1.54, 1.807) is 38.4 Å². The lowest BCUT2D eigenvalue weighted by atomic mass is 9.97. The summed E-state index contributed by atoms with van der Waals surface area (Å²) in [5, 5.41) is 5.90. The quantitative estimate of drug-likeness (QED) is 0.894. The second kappa shape index (κ2) is 8.56. The van der Waals surface area contributed by atoms with Gasteiger partial charge in [0.15, 0.2) is 0 Å². The number of urea groups is 1. The molecule has 5 nitrogen and oxygen atoms in total. The highest BCUT2D eigenvalue weighted by Crippen LogP contribution is 2.17. The minimum absolute atomic E-state index is 0.0749. The molecule has 0 atom stereocenters. The van der Waals surface area contributed by atoms with E-state index in [2.05, 4.69) is 10.6 Å². The Balaban J connectivity index is 1.91. The lowest BCUT2D eigenvalue weighted by molar-refractivity contribution is 0.0827. The maximum atomic E-state index is 12.2. The fourth-order valence-corrected chi connectivity index (χ4v) is 2.94. The summed E-state index contributed by atoms with van der Waals surface area (Å²) in [6.45, 7) is 0. The van der Waals surface area contributed by atoms with Crippen LogP contribution in [0.25, 0.3) is 0 Å². The first-order valence-electron chi connectivity index (χ1n) is 8.45. The molecule has 126 valence electrons. The first-order chi connectivity index (χ1) is 11.1. The van der Waals surface area contributed by atoms with E-state index in [1.165, 1.54) is 37.0 Å². The van der Waals surface area contributed by atoms with Crippen molar-refractivity contribution >= 4 is 17.6 Å². The Morgan fingerprint density at radius 3 is 2.35 bits per heavy atom. The Morgan fingerprint density at radius 1 is 1.04 bits per heavy atom. The van der Waals surface area contributed by atoms with Gasteiger partial charge in [-0.1, -0.05) is 38.2 Å². The monoisotopic (exact) mass is 317 g/mol. The van der Waals surface area contributed by atoms with Crippen LogP contribution >= 0.6 is 0 Å². The molecule has 1 aliphatic carbocycles. The Labute approximate surface area is 138 Å². The van der Waals surface area contributed by atoms with Crippen LogP contribution in [-0.2, 0) is 0 Å². The number of carbonyl (C=O) groups excluding carboxylic acids is 2. The van der Waals surface area contributed by atoms with Crippen LogP contribution in [0.1, 0.15) is 55.3 Å². The van der Waals surface area contributed by atoms with Gasteiger partial charge in [0.25, 0.3) is 5.91 Å². The van der Waals surface area contributed by atoms with E-state index in [0.29, 0.717) is 11.3 Å². The molecule has 1 fully saturated rings. The molecule has 0 unspecified atom stereocenters. The molecule has 1 aliphatic rings. The van der Waals surface area contributed by atoms with Crippen LogP contribution in [0.3, 0.4) is 0 Å². The summed E-state index contributed by atoms with van der Waals surface area (Å²) < 4.78 is 0. The lowest BCUT2D eigenvalue weighted by Gasteiger charge is -2.21. The van der Waals surface area contributed by atoms with Gasteiger partial charge in [0.05, 0.1) is 0 Å². The molecular formula is C18H27N3O2. The molecule has 0 saturated heterocycles. The van der Waals surface area contributed by atoms with Crippen molar-refractivity contribution in [3.8, 4) is 0 Å². The van der Waals surface area contributed by atoms with Crippen molar-refractivity contribution in [2.24, 2.45) is 0 Å². The normalized spacial score (nSPS) is 16.1. The van der Waals surface area contributed by atoms with E-state index in [4.69, 9.17) is 0 Å². The van der Waals surface area contributed by atoms with E-state index in [0.717, 1.165) is 12.8 Å². The second-order valence-electron chi connectivity index (χ2n) is 6.42.